The molecule has 1 aromatic carbocycles. The molecule has 0 bridgehead atoms. The van der Waals surface area contributed by atoms with Crippen molar-refractivity contribution >= 4 is 11.6 Å². The van der Waals surface area contributed by atoms with Gasteiger partial charge in [-0.15, -0.1) is 0 Å². The van der Waals surface area contributed by atoms with Gasteiger partial charge in [0.25, 0.3) is 0 Å². The molecule has 1 aliphatic carbocycles. The molecule has 0 N–H and O–H groups in total. The summed E-state index contributed by atoms with van der Waals surface area (Å²) in [6, 6.07) is 5.46. The maximum Gasteiger partial charge on any atom is 0.248 e. The summed E-state index contributed by atoms with van der Waals surface area (Å²) in [5.74, 6) is -1.96. The summed E-state index contributed by atoms with van der Waals surface area (Å²) in [6.07, 6.45) is -0.146. The van der Waals surface area contributed by atoms with E-state index in [1.165, 1.54) is 0 Å². The summed E-state index contributed by atoms with van der Waals surface area (Å²) in [5, 5.41) is 0.533. The summed E-state index contributed by atoms with van der Waals surface area (Å²) >= 11 is 5.96. The Morgan fingerprint density at radius 3 is 2.69 bits per heavy atom. The molecule has 0 amide bonds. The van der Waals surface area contributed by atoms with Gasteiger partial charge in [-0.05, 0) is 24.6 Å². The quantitative estimate of drug-likeness (QED) is 0.781. The first kappa shape index (κ1) is 11.6. The second kappa shape index (κ2) is 4.21. The molecule has 2 rings (SSSR count). The Labute approximate surface area is 98.4 Å². The lowest BCUT2D eigenvalue weighted by Gasteiger charge is -2.34. The molecule has 0 radical (unpaired) electrons. The van der Waals surface area contributed by atoms with Crippen LogP contribution >= 0.6 is 11.6 Å². The van der Waals surface area contributed by atoms with Crippen molar-refractivity contribution in [2.24, 2.45) is 5.92 Å². The number of benzene rings is 1. The Hall–Kier alpha value is -0.830. The normalized spacial score (nSPS) is 19.2. The van der Waals surface area contributed by atoms with Crippen LogP contribution in [-0.4, -0.2) is 12.5 Å². The first-order valence-electron chi connectivity index (χ1n) is 5.23. The van der Waals surface area contributed by atoms with Crippen molar-refractivity contribution in [2.75, 3.05) is 6.61 Å². The van der Waals surface area contributed by atoms with Crippen LogP contribution in [0.25, 0.3) is 0 Å². The zero-order chi connectivity index (χ0) is 11.8. The number of ether oxygens (including phenoxy) is 1. The highest BCUT2D eigenvalue weighted by Crippen LogP contribution is 2.42. The van der Waals surface area contributed by atoms with E-state index >= 15 is 0 Å². The molecule has 1 nitrogen and oxygen atoms in total. The van der Waals surface area contributed by atoms with Crippen LogP contribution in [0.1, 0.15) is 18.4 Å². The second-order valence-electron chi connectivity index (χ2n) is 4.38. The maximum atomic E-state index is 12.6. The van der Waals surface area contributed by atoms with E-state index < -0.39 is 5.92 Å². The fourth-order valence-corrected chi connectivity index (χ4v) is 2.12. The number of alkyl halides is 2. The van der Waals surface area contributed by atoms with Gasteiger partial charge in [-0.2, -0.15) is 0 Å². The van der Waals surface area contributed by atoms with Gasteiger partial charge in [0.15, 0.2) is 0 Å². The topological polar surface area (TPSA) is 9.23 Å². The fraction of sp³-hybridized carbons (Fsp3) is 0.500. The van der Waals surface area contributed by atoms with Crippen molar-refractivity contribution < 1.29 is 13.5 Å². The van der Waals surface area contributed by atoms with Gasteiger partial charge in [-0.1, -0.05) is 17.7 Å². The lowest BCUT2D eigenvalue weighted by Crippen LogP contribution is -2.38. The average molecular weight is 247 g/mol. The molecule has 1 fully saturated rings. The third-order valence-corrected chi connectivity index (χ3v) is 3.03. The van der Waals surface area contributed by atoms with Crippen molar-refractivity contribution in [1.29, 1.82) is 0 Å². The predicted molar refractivity (Wildman–Crippen MR) is 59.4 cm³/mol. The van der Waals surface area contributed by atoms with E-state index in [-0.39, 0.29) is 18.8 Å². The van der Waals surface area contributed by atoms with Crippen LogP contribution in [0.2, 0.25) is 5.02 Å². The minimum atomic E-state index is -2.48. The summed E-state index contributed by atoms with van der Waals surface area (Å²) in [4.78, 5) is 0. The molecule has 0 aliphatic heterocycles. The standard InChI is InChI=1S/C12H13ClF2O/c1-8-2-3-11(10(13)4-8)16-7-9-5-12(14,15)6-9/h2-4,9H,5-7H2,1H3. The third kappa shape index (κ3) is 2.64. The molecule has 0 unspecified atom stereocenters. The molecule has 0 heterocycles. The molecule has 1 saturated carbocycles. The van der Waals surface area contributed by atoms with Crippen molar-refractivity contribution in [3.05, 3.63) is 28.8 Å². The van der Waals surface area contributed by atoms with Crippen LogP contribution in [-0.2, 0) is 0 Å². The first-order chi connectivity index (χ1) is 7.46. The molecule has 88 valence electrons. The molecule has 0 atom stereocenters. The van der Waals surface area contributed by atoms with E-state index in [1.54, 1.807) is 12.1 Å². The van der Waals surface area contributed by atoms with Crippen LogP contribution in [0.15, 0.2) is 18.2 Å². The van der Waals surface area contributed by atoms with Gasteiger partial charge in [0.2, 0.25) is 5.92 Å². The highest BCUT2D eigenvalue weighted by molar-refractivity contribution is 6.32. The van der Waals surface area contributed by atoms with Crippen molar-refractivity contribution in [2.45, 2.75) is 25.7 Å². The molecule has 0 spiro atoms. The molecule has 1 aliphatic rings. The van der Waals surface area contributed by atoms with E-state index in [9.17, 15) is 8.78 Å². The van der Waals surface area contributed by atoms with Gasteiger partial charge in [0.1, 0.15) is 5.75 Å². The first-order valence-corrected chi connectivity index (χ1v) is 5.61. The van der Waals surface area contributed by atoms with Gasteiger partial charge in [0, 0.05) is 18.8 Å². The zero-order valence-corrected chi connectivity index (χ0v) is 9.73. The molecule has 1 aromatic rings. The van der Waals surface area contributed by atoms with Crippen LogP contribution < -0.4 is 4.74 Å². The van der Waals surface area contributed by atoms with Crippen LogP contribution in [0.4, 0.5) is 8.78 Å². The Kier molecular flexibility index (Phi) is 3.06. The smallest absolute Gasteiger partial charge is 0.248 e. The summed E-state index contributed by atoms with van der Waals surface area (Å²) in [7, 11) is 0. The van der Waals surface area contributed by atoms with E-state index in [4.69, 9.17) is 16.3 Å². The Morgan fingerprint density at radius 1 is 1.44 bits per heavy atom. The lowest BCUT2D eigenvalue weighted by atomic mass is 9.82. The van der Waals surface area contributed by atoms with Crippen LogP contribution in [0.3, 0.4) is 0 Å². The number of aryl methyl sites for hydroxylation is 1. The minimum Gasteiger partial charge on any atom is -0.492 e. The SMILES string of the molecule is Cc1ccc(OCC2CC(F)(F)C2)c(Cl)c1. The lowest BCUT2D eigenvalue weighted by molar-refractivity contribution is -0.119. The van der Waals surface area contributed by atoms with E-state index in [0.717, 1.165) is 5.56 Å². The predicted octanol–water partition coefficient (Wildman–Crippen LogP) is 4.07. The fourth-order valence-electron chi connectivity index (χ4n) is 1.83. The molecular formula is C12H13ClF2O. The second-order valence-corrected chi connectivity index (χ2v) is 4.78. The zero-order valence-electron chi connectivity index (χ0n) is 8.97. The number of rotatable bonds is 3. The minimum absolute atomic E-state index is 0.0487. The Bertz CT molecular complexity index is 385. The number of hydrogen-bond acceptors (Lipinski definition) is 1. The summed E-state index contributed by atoms with van der Waals surface area (Å²) < 4.78 is 30.6. The maximum absolute atomic E-state index is 12.6. The van der Waals surface area contributed by atoms with Gasteiger partial charge in [0.05, 0.1) is 11.6 Å². The Balaban J connectivity index is 1.86. The van der Waals surface area contributed by atoms with Gasteiger partial charge in [-0.3, -0.25) is 0 Å². The molecule has 0 saturated heterocycles. The molecule has 0 aromatic heterocycles. The number of halogens is 3. The third-order valence-electron chi connectivity index (χ3n) is 2.74. The largest absolute Gasteiger partial charge is 0.492 e. The van der Waals surface area contributed by atoms with E-state index in [2.05, 4.69) is 0 Å². The molecule has 4 heteroatoms. The monoisotopic (exact) mass is 246 g/mol. The van der Waals surface area contributed by atoms with Gasteiger partial charge < -0.3 is 4.74 Å². The highest BCUT2D eigenvalue weighted by Gasteiger charge is 2.45. The van der Waals surface area contributed by atoms with Gasteiger partial charge in [-0.25, -0.2) is 8.78 Å². The Morgan fingerprint density at radius 2 is 2.12 bits per heavy atom. The van der Waals surface area contributed by atoms with Gasteiger partial charge >= 0.3 is 0 Å². The van der Waals surface area contributed by atoms with E-state index in [0.29, 0.717) is 17.4 Å². The molecular weight excluding hydrogens is 234 g/mol. The summed E-state index contributed by atoms with van der Waals surface area (Å²) in [5.41, 5.74) is 1.05. The average Bonchev–Trinajstić information content (AvgIpc) is 2.13. The number of hydrogen-bond donors (Lipinski definition) is 0. The van der Waals surface area contributed by atoms with Crippen molar-refractivity contribution in [1.82, 2.24) is 0 Å². The van der Waals surface area contributed by atoms with Crippen molar-refractivity contribution in [3.63, 3.8) is 0 Å². The van der Waals surface area contributed by atoms with E-state index in [1.807, 2.05) is 13.0 Å². The van der Waals surface area contributed by atoms with Crippen LogP contribution in [0.5, 0.6) is 5.75 Å². The van der Waals surface area contributed by atoms with Crippen molar-refractivity contribution in [3.8, 4) is 5.75 Å². The highest BCUT2D eigenvalue weighted by atomic mass is 35.5. The summed E-state index contributed by atoms with van der Waals surface area (Å²) in [6.45, 7) is 2.25. The van der Waals surface area contributed by atoms with Crippen LogP contribution in [0, 0.1) is 12.8 Å². The molecule has 16 heavy (non-hydrogen) atoms.